The number of para-hydroxylation sites is 1. The van der Waals surface area contributed by atoms with Crippen LogP contribution in [0.4, 0.5) is 5.69 Å². The van der Waals surface area contributed by atoms with Gasteiger partial charge in [-0.05, 0) is 43.7 Å². The van der Waals surface area contributed by atoms with E-state index in [1.807, 2.05) is 0 Å². The predicted molar refractivity (Wildman–Crippen MR) is 74.3 cm³/mol. The Morgan fingerprint density at radius 2 is 2.00 bits per heavy atom. The van der Waals surface area contributed by atoms with Crippen molar-refractivity contribution in [1.82, 2.24) is 0 Å². The summed E-state index contributed by atoms with van der Waals surface area (Å²) < 4.78 is 0. The molecule has 2 rings (SSSR count). The van der Waals surface area contributed by atoms with Crippen molar-refractivity contribution in [2.24, 2.45) is 11.7 Å². The number of nitrogens with two attached hydrogens (primary N) is 1. The zero-order chi connectivity index (χ0) is 12.4. The van der Waals surface area contributed by atoms with Crippen LogP contribution < -0.4 is 10.6 Å². The van der Waals surface area contributed by atoms with Gasteiger partial charge < -0.3 is 10.6 Å². The van der Waals surface area contributed by atoms with Crippen LogP contribution in [-0.2, 0) is 0 Å². The molecule has 2 unspecified atom stereocenters. The lowest BCUT2D eigenvalue weighted by Crippen LogP contribution is -2.32. The molecule has 1 saturated carbocycles. The molecule has 0 aromatic heterocycles. The molecule has 1 aliphatic carbocycles. The Bertz CT molecular complexity index is 371. The minimum absolute atomic E-state index is 0.153. The van der Waals surface area contributed by atoms with Crippen LogP contribution in [0, 0.1) is 5.92 Å². The average Bonchev–Trinajstić information content (AvgIpc) is 3.20. The normalized spacial score (nSPS) is 18.8. The summed E-state index contributed by atoms with van der Waals surface area (Å²) in [6, 6.07) is 9.34. The monoisotopic (exact) mass is 232 g/mol. The highest BCUT2D eigenvalue weighted by Crippen LogP contribution is 2.37. The van der Waals surface area contributed by atoms with E-state index in [1.165, 1.54) is 24.1 Å². The highest BCUT2D eigenvalue weighted by molar-refractivity contribution is 5.55. The van der Waals surface area contributed by atoms with Crippen molar-refractivity contribution >= 4 is 5.69 Å². The third kappa shape index (κ3) is 2.63. The van der Waals surface area contributed by atoms with Gasteiger partial charge in [0.25, 0.3) is 0 Å². The van der Waals surface area contributed by atoms with Gasteiger partial charge in [-0.1, -0.05) is 25.1 Å². The first-order valence-corrected chi connectivity index (χ1v) is 6.72. The van der Waals surface area contributed by atoms with E-state index in [-0.39, 0.29) is 6.04 Å². The van der Waals surface area contributed by atoms with E-state index < -0.39 is 0 Å². The minimum atomic E-state index is 0.153. The molecule has 0 radical (unpaired) electrons. The average molecular weight is 232 g/mol. The maximum absolute atomic E-state index is 6.20. The molecule has 2 N–H and O–H groups in total. The molecule has 1 fully saturated rings. The molecule has 94 valence electrons. The van der Waals surface area contributed by atoms with Crippen molar-refractivity contribution < 1.29 is 0 Å². The summed E-state index contributed by atoms with van der Waals surface area (Å²) in [5.74, 6) is 0.880. The number of nitrogens with zero attached hydrogens (tertiary/aromatic N) is 1. The van der Waals surface area contributed by atoms with Crippen LogP contribution in [-0.4, -0.2) is 13.1 Å². The SMILES string of the molecule is CCC(N)c1ccccc1N(C)C(C)C1CC1. The first-order chi connectivity index (χ1) is 8.15. The lowest BCUT2D eigenvalue weighted by molar-refractivity contribution is 0.601. The van der Waals surface area contributed by atoms with Gasteiger partial charge in [0, 0.05) is 24.8 Å². The lowest BCUT2D eigenvalue weighted by atomic mass is 10.0. The summed E-state index contributed by atoms with van der Waals surface area (Å²) in [6.45, 7) is 4.47. The molecule has 0 spiro atoms. The van der Waals surface area contributed by atoms with Crippen molar-refractivity contribution in [3.05, 3.63) is 29.8 Å². The Morgan fingerprint density at radius 3 is 2.59 bits per heavy atom. The van der Waals surface area contributed by atoms with Crippen LogP contribution >= 0.6 is 0 Å². The van der Waals surface area contributed by atoms with Crippen LogP contribution in [0.1, 0.15) is 44.7 Å². The summed E-state index contributed by atoms with van der Waals surface area (Å²) >= 11 is 0. The lowest BCUT2D eigenvalue weighted by Gasteiger charge is -2.30. The van der Waals surface area contributed by atoms with E-state index in [0.29, 0.717) is 6.04 Å². The zero-order valence-electron chi connectivity index (χ0n) is 11.2. The van der Waals surface area contributed by atoms with Crippen LogP contribution in [0.3, 0.4) is 0 Å². The van der Waals surface area contributed by atoms with E-state index in [4.69, 9.17) is 5.73 Å². The summed E-state index contributed by atoms with van der Waals surface area (Å²) in [6.07, 6.45) is 3.75. The second-order valence-corrected chi connectivity index (χ2v) is 5.26. The number of rotatable bonds is 5. The summed E-state index contributed by atoms with van der Waals surface area (Å²) in [4.78, 5) is 2.41. The fourth-order valence-electron chi connectivity index (χ4n) is 2.46. The van der Waals surface area contributed by atoms with E-state index in [1.54, 1.807) is 0 Å². The van der Waals surface area contributed by atoms with Crippen molar-refractivity contribution in [3.8, 4) is 0 Å². The van der Waals surface area contributed by atoms with Crippen molar-refractivity contribution in [3.63, 3.8) is 0 Å². The molecule has 17 heavy (non-hydrogen) atoms. The van der Waals surface area contributed by atoms with Gasteiger partial charge in [0.15, 0.2) is 0 Å². The molecule has 2 heteroatoms. The van der Waals surface area contributed by atoms with Gasteiger partial charge in [0.1, 0.15) is 0 Å². The largest absolute Gasteiger partial charge is 0.371 e. The minimum Gasteiger partial charge on any atom is -0.371 e. The molecule has 0 bridgehead atoms. The van der Waals surface area contributed by atoms with Gasteiger partial charge in [-0.15, -0.1) is 0 Å². The topological polar surface area (TPSA) is 29.3 Å². The first kappa shape index (κ1) is 12.4. The number of benzene rings is 1. The number of anilines is 1. The van der Waals surface area contributed by atoms with Crippen molar-refractivity contribution in [1.29, 1.82) is 0 Å². The fraction of sp³-hybridized carbons (Fsp3) is 0.600. The molecule has 0 aliphatic heterocycles. The molecule has 1 aliphatic rings. The van der Waals surface area contributed by atoms with Gasteiger partial charge in [0.05, 0.1) is 0 Å². The molecule has 1 aromatic rings. The Morgan fingerprint density at radius 1 is 1.35 bits per heavy atom. The summed E-state index contributed by atoms with van der Waals surface area (Å²) in [5.41, 5.74) is 8.79. The molecule has 1 aromatic carbocycles. The molecule has 0 saturated heterocycles. The standard InChI is InChI=1S/C15H24N2/c1-4-14(16)13-7-5-6-8-15(13)17(3)11(2)12-9-10-12/h5-8,11-12,14H,4,9-10,16H2,1-3H3. The smallest absolute Gasteiger partial charge is 0.0414 e. The van der Waals surface area contributed by atoms with Crippen LogP contribution in [0.5, 0.6) is 0 Å². The van der Waals surface area contributed by atoms with Gasteiger partial charge in [-0.3, -0.25) is 0 Å². The third-order valence-corrected chi connectivity index (χ3v) is 4.07. The Labute approximate surface area is 105 Å². The van der Waals surface area contributed by atoms with Crippen molar-refractivity contribution in [2.75, 3.05) is 11.9 Å². The molecule has 0 amide bonds. The van der Waals surface area contributed by atoms with Crippen LogP contribution in [0.15, 0.2) is 24.3 Å². The van der Waals surface area contributed by atoms with E-state index in [9.17, 15) is 0 Å². The first-order valence-electron chi connectivity index (χ1n) is 6.72. The molecule has 2 atom stereocenters. The van der Waals surface area contributed by atoms with E-state index in [0.717, 1.165) is 12.3 Å². The molecule has 2 nitrogen and oxygen atoms in total. The van der Waals surface area contributed by atoms with Crippen molar-refractivity contribution in [2.45, 2.75) is 45.2 Å². The van der Waals surface area contributed by atoms with Gasteiger partial charge >= 0.3 is 0 Å². The molecule has 0 heterocycles. The van der Waals surface area contributed by atoms with Gasteiger partial charge in [-0.25, -0.2) is 0 Å². The van der Waals surface area contributed by atoms with Crippen LogP contribution in [0.2, 0.25) is 0 Å². The highest BCUT2D eigenvalue weighted by Gasteiger charge is 2.31. The molecular weight excluding hydrogens is 208 g/mol. The number of hydrogen-bond donors (Lipinski definition) is 1. The second-order valence-electron chi connectivity index (χ2n) is 5.26. The Kier molecular flexibility index (Phi) is 3.72. The maximum atomic E-state index is 6.20. The maximum Gasteiger partial charge on any atom is 0.0414 e. The van der Waals surface area contributed by atoms with E-state index in [2.05, 4.69) is 50.1 Å². The van der Waals surface area contributed by atoms with E-state index >= 15 is 0 Å². The molecular formula is C15H24N2. The third-order valence-electron chi connectivity index (χ3n) is 4.07. The highest BCUT2D eigenvalue weighted by atomic mass is 15.1. The Balaban J connectivity index is 2.23. The second kappa shape index (κ2) is 5.09. The summed E-state index contributed by atoms with van der Waals surface area (Å²) in [5, 5.41) is 0. The number of hydrogen-bond acceptors (Lipinski definition) is 2. The quantitative estimate of drug-likeness (QED) is 0.843. The van der Waals surface area contributed by atoms with Gasteiger partial charge in [0.2, 0.25) is 0 Å². The Hall–Kier alpha value is -1.02. The van der Waals surface area contributed by atoms with Gasteiger partial charge in [-0.2, -0.15) is 0 Å². The predicted octanol–water partition coefficient (Wildman–Crippen LogP) is 3.33. The fourth-order valence-corrected chi connectivity index (χ4v) is 2.46. The zero-order valence-corrected chi connectivity index (χ0v) is 11.2. The summed E-state index contributed by atoms with van der Waals surface area (Å²) in [7, 11) is 2.20. The van der Waals surface area contributed by atoms with Crippen LogP contribution in [0.25, 0.3) is 0 Å².